The molecule has 0 unspecified atom stereocenters. The van der Waals surface area contributed by atoms with E-state index in [1.807, 2.05) is 0 Å². The van der Waals surface area contributed by atoms with Gasteiger partial charge in [0.05, 0.1) is 5.02 Å². The summed E-state index contributed by atoms with van der Waals surface area (Å²) in [6, 6.07) is 3.51. The standard InChI is InChI=1S/C10H4Cl2F2N2S/c11-5-1-2-6(13)9(14)8(5)4-3-7(12)15-16-10(4)17/h1-3H,(H,16,17). The Morgan fingerprint density at radius 3 is 2.65 bits per heavy atom. The highest BCUT2D eigenvalue weighted by Gasteiger charge is 2.16. The Morgan fingerprint density at radius 2 is 1.94 bits per heavy atom. The van der Waals surface area contributed by atoms with E-state index in [0.29, 0.717) is 0 Å². The number of benzene rings is 1. The predicted octanol–water partition coefficient (Wildman–Crippen LogP) is 4.39. The molecule has 0 radical (unpaired) electrons. The lowest BCUT2D eigenvalue weighted by Gasteiger charge is -2.07. The first kappa shape index (κ1) is 12.4. The average Bonchev–Trinajstić information content (AvgIpc) is 2.29. The molecular formula is C10H4Cl2F2N2S. The van der Waals surface area contributed by atoms with Crippen LogP contribution in [0, 0.1) is 16.3 Å². The third-order valence-electron chi connectivity index (χ3n) is 2.09. The molecule has 2 nitrogen and oxygen atoms in total. The lowest BCUT2D eigenvalue weighted by molar-refractivity contribution is 0.511. The van der Waals surface area contributed by atoms with Crippen molar-refractivity contribution in [2.75, 3.05) is 0 Å². The maximum Gasteiger partial charge on any atom is 0.168 e. The molecule has 0 aliphatic carbocycles. The highest BCUT2D eigenvalue weighted by molar-refractivity contribution is 7.71. The lowest BCUT2D eigenvalue weighted by atomic mass is 10.1. The molecule has 2 rings (SSSR count). The number of hydrogen-bond donors (Lipinski definition) is 1. The van der Waals surface area contributed by atoms with E-state index in [4.69, 9.17) is 35.4 Å². The van der Waals surface area contributed by atoms with E-state index in [-0.39, 0.29) is 25.9 Å². The lowest BCUT2D eigenvalue weighted by Crippen LogP contribution is -1.94. The summed E-state index contributed by atoms with van der Waals surface area (Å²) in [6.45, 7) is 0. The van der Waals surface area contributed by atoms with Crippen molar-refractivity contribution >= 4 is 35.4 Å². The second kappa shape index (κ2) is 4.68. The number of aromatic nitrogens is 2. The minimum Gasteiger partial charge on any atom is -0.266 e. The third-order valence-corrected chi connectivity index (χ3v) is 2.91. The van der Waals surface area contributed by atoms with Crippen LogP contribution in [0.1, 0.15) is 0 Å². The fourth-order valence-corrected chi connectivity index (χ4v) is 1.95. The molecule has 17 heavy (non-hydrogen) atoms. The Kier molecular flexibility index (Phi) is 3.42. The normalized spacial score (nSPS) is 10.6. The van der Waals surface area contributed by atoms with Crippen LogP contribution in [0.2, 0.25) is 10.2 Å². The zero-order valence-corrected chi connectivity index (χ0v) is 10.4. The van der Waals surface area contributed by atoms with E-state index in [2.05, 4.69) is 10.2 Å². The zero-order chi connectivity index (χ0) is 12.6. The van der Waals surface area contributed by atoms with Gasteiger partial charge in [0.25, 0.3) is 0 Å². The molecule has 0 aliphatic heterocycles. The Morgan fingerprint density at radius 1 is 1.24 bits per heavy atom. The molecule has 0 fully saturated rings. The van der Waals surface area contributed by atoms with Gasteiger partial charge in [0.15, 0.2) is 11.6 Å². The maximum absolute atomic E-state index is 13.7. The van der Waals surface area contributed by atoms with Gasteiger partial charge in [-0.05, 0) is 18.2 Å². The SMILES string of the molecule is Fc1ccc(Cl)c(-c2cc(Cl)n[nH]c2=S)c1F. The first-order chi connectivity index (χ1) is 8.00. The fourth-order valence-electron chi connectivity index (χ4n) is 1.34. The topological polar surface area (TPSA) is 28.7 Å². The summed E-state index contributed by atoms with van der Waals surface area (Å²) in [7, 11) is 0. The van der Waals surface area contributed by atoms with Crippen molar-refractivity contribution in [2.45, 2.75) is 0 Å². The highest BCUT2D eigenvalue weighted by atomic mass is 35.5. The summed E-state index contributed by atoms with van der Waals surface area (Å²) < 4.78 is 27.0. The van der Waals surface area contributed by atoms with Crippen molar-refractivity contribution < 1.29 is 8.78 Å². The van der Waals surface area contributed by atoms with Crippen LogP contribution in [0.25, 0.3) is 11.1 Å². The van der Waals surface area contributed by atoms with Gasteiger partial charge >= 0.3 is 0 Å². The van der Waals surface area contributed by atoms with Crippen LogP contribution in [0.15, 0.2) is 18.2 Å². The van der Waals surface area contributed by atoms with Gasteiger partial charge in [-0.3, -0.25) is 5.10 Å². The van der Waals surface area contributed by atoms with Crippen LogP contribution in [0.5, 0.6) is 0 Å². The van der Waals surface area contributed by atoms with Gasteiger partial charge in [-0.25, -0.2) is 8.78 Å². The molecule has 0 bridgehead atoms. The van der Waals surface area contributed by atoms with Crippen molar-refractivity contribution in [1.29, 1.82) is 0 Å². The van der Waals surface area contributed by atoms with Gasteiger partial charge in [0.2, 0.25) is 0 Å². The van der Waals surface area contributed by atoms with Gasteiger partial charge in [0.1, 0.15) is 9.79 Å². The Hall–Kier alpha value is -1.04. The maximum atomic E-state index is 13.7. The number of nitrogens with one attached hydrogen (secondary N) is 1. The second-order valence-electron chi connectivity index (χ2n) is 3.15. The molecule has 1 aromatic heterocycles. The minimum atomic E-state index is -1.07. The molecule has 1 aromatic carbocycles. The largest absolute Gasteiger partial charge is 0.266 e. The quantitative estimate of drug-likeness (QED) is 0.624. The summed E-state index contributed by atoms with van der Waals surface area (Å²) >= 11 is 16.4. The van der Waals surface area contributed by atoms with E-state index < -0.39 is 11.6 Å². The van der Waals surface area contributed by atoms with E-state index >= 15 is 0 Å². The smallest absolute Gasteiger partial charge is 0.168 e. The molecule has 1 heterocycles. The number of rotatable bonds is 1. The highest BCUT2D eigenvalue weighted by Crippen LogP contribution is 2.32. The van der Waals surface area contributed by atoms with Crippen molar-refractivity contribution in [2.24, 2.45) is 0 Å². The second-order valence-corrected chi connectivity index (χ2v) is 4.35. The number of halogens is 4. The molecule has 0 spiro atoms. The summed E-state index contributed by atoms with van der Waals surface area (Å²) in [4.78, 5) is 0. The van der Waals surface area contributed by atoms with E-state index in [0.717, 1.165) is 6.07 Å². The summed E-state index contributed by atoms with van der Waals surface area (Å²) in [5.41, 5.74) is 0.0687. The minimum absolute atomic E-state index is 0.0469. The Labute approximate surface area is 110 Å². The van der Waals surface area contributed by atoms with Crippen LogP contribution in [-0.2, 0) is 0 Å². The van der Waals surface area contributed by atoms with Crippen molar-refractivity contribution in [3.63, 3.8) is 0 Å². The summed E-state index contributed by atoms with van der Waals surface area (Å²) in [5.74, 6) is -2.08. The van der Waals surface area contributed by atoms with Gasteiger partial charge in [0, 0.05) is 11.1 Å². The van der Waals surface area contributed by atoms with Crippen molar-refractivity contribution in [1.82, 2.24) is 10.2 Å². The molecule has 88 valence electrons. The van der Waals surface area contributed by atoms with Gasteiger partial charge in [-0.15, -0.1) is 0 Å². The monoisotopic (exact) mass is 292 g/mol. The van der Waals surface area contributed by atoms with Crippen molar-refractivity contribution in [3.8, 4) is 11.1 Å². The first-order valence-corrected chi connectivity index (χ1v) is 5.56. The van der Waals surface area contributed by atoms with E-state index in [1.165, 1.54) is 12.1 Å². The molecule has 2 aromatic rings. The van der Waals surface area contributed by atoms with Gasteiger partial charge in [-0.1, -0.05) is 35.4 Å². The molecule has 1 N–H and O–H groups in total. The fraction of sp³-hybridized carbons (Fsp3) is 0. The summed E-state index contributed by atoms with van der Waals surface area (Å²) in [5, 5.41) is 6.17. The van der Waals surface area contributed by atoms with E-state index in [9.17, 15) is 8.78 Å². The van der Waals surface area contributed by atoms with Crippen LogP contribution in [0.4, 0.5) is 8.78 Å². The molecule has 0 atom stereocenters. The van der Waals surface area contributed by atoms with Crippen LogP contribution in [-0.4, -0.2) is 10.2 Å². The van der Waals surface area contributed by atoms with Crippen LogP contribution >= 0.6 is 35.4 Å². The van der Waals surface area contributed by atoms with Gasteiger partial charge in [-0.2, -0.15) is 5.10 Å². The number of aromatic amines is 1. The number of hydrogen-bond acceptors (Lipinski definition) is 2. The van der Waals surface area contributed by atoms with Crippen LogP contribution < -0.4 is 0 Å². The van der Waals surface area contributed by atoms with E-state index in [1.54, 1.807) is 0 Å². The molecular weight excluding hydrogens is 289 g/mol. The van der Waals surface area contributed by atoms with Crippen molar-refractivity contribution in [3.05, 3.63) is 44.6 Å². The van der Waals surface area contributed by atoms with Crippen LogP contribution in [0.3, 0.4) is 0 Å². The number of nitrogens with zero attached hydrogens (tertiary/aromatic N) is 1. The zero-order valence-electron chi connectivity index (χ0n) is 8.10. The molecule has 0 saturated carbocycles. The molecule has 0 saturated heterocycles. The van der Waals surface area contributed by atoms with Gasteiger partial charge < -0.3 is 0 Å². The third kappa shape index (κ3) is 2.31. The summed E-state index contributed by atoms with van der Waals surface area (Å²) in [6.07, 6.45) is 0. The Balaban J connectivity index is 2.81. The Bertz CT molecular complexity index is 643. The molecule has 0 aliphatic rings. The average molecular weight is 293 g/mol. The predicted molar refractivity (Wildman–Crippen MR) is 64.8 cm³/mol. The molecule has 7 heteroatoms. The molecule has 0 amide bonds. The first-order valence-electron chi connectivity index (χ1n) is 4.40. The number of H-pyrrole nitrogens is 1.